The average Bonchev–Trinajstić information content (AvgIpc) is 2.15. The molecule has 0 radical (unpaired) electrons. The third kappa shape index (κ3) is 1.87. The van der Waals surface area contributed by atoms with Crippen LogP contribution in [0.5, 0.6) is 0 Å². The molecular formula is C11H13FN2. The smallest absolute Gasteiger partial charge is 0.156 e. The van der Waals surface area contributed by atoms with E-state index in [0.717, 1.165) is 11.1 Å². The Hall–Kier alpha value is -1.51. The molecule has 1 rings (SSSR count). The molecule has 1 aromatic carbocycles. The standard InChI is InChI=1S/C11H13FN2/c1-7-5-9(11(13-3)14-4)10(12)6-8(7)2/h5-6H,3H2,1-2,4H3/b14-11-. The highest BCUT2D eigenvalue weighted by molar-refractivity contribution is 6.01. The van der Waals surface area contributed by atoms with Gasteiger partial charge >= 0.3 is 0 Å². The van der Waals surface area contributed by atoms with Gasteiger partial charge in [0.15, 0.2) is 5.84 Å². The van der Waals surface area contributed by atoms with E-state index in [4.69, 9.17) is 0 Å². The molecule has 0 saturated carbocycles. The van der Waals surface area contributed by atoms with Crippen LogP contribution in [-0.2, 0) is 0 Å². The molecule has 0 atom stereocenters. The van der Waals surface area contributed by atoms with E-state index in [-0.39, 0.29) is 5.82 Å². The van der Waals surface area contributed by atoms with Gasteiger partial charge in [0.25, 0.3) is 0 Å². The fourth-order valence-corrected chi connectivity index (χ4v) is 1.23. The van der Waals surface area contributed by atoms with E-state index in [2.05, 4.69) is 16.7 Å². The summed E-state index contributed by atoms with van der Waals surface area (Å²) in [6.45, 7) is 7.15. The minimum absolute atomic E-state index is 0.305. The lowest BCUT2D eigenvalue weighted by molar-refractivity contribution is 0.623. The zero-order valence-corrected chi connectivity index (χ0v) is 8.63. The van der Waals surface area contributed by atoms with Crippen molar-refractivity contribution in [2.75, 3.05) is 7.05 Å². The van der Waals surface area contributed by atoms with Crippen LogP contribution in [0.15, 0.2) is 22.1 Å². The quantitative estimate of drug-likeness (QED) is 0.482. The lowest BCUT2D eigenvalue weighted by atomic mass is 10.1. The number of hydrogen-bond acceptors (Lipinski definition) is 1. The van der Waals surface area contributed by atoms with Gasteiger partial charge < -0.3 is 0 Å². The predicted molar refractivity (Wildman–Crippen MR) is 57.9 cm³/mol. The van der Waals surface area contributed by atoms with Gasteiger partial charge in [-0.25, -0.2) is 9.38 Å². The molecule has 0 heterocycles. The highest BCUT2D eigenvalue weighted by atomic mass is 19.1. The van der Waals surface area contributed by atoms with Gasteiger partial charge in [-0.2, -0.15) is 0 Å². The number of benzene rings is 1. The van der Waals surface area contributed by atoms with Gasteiger partial charge in [0, 0.05) is 7.05 Å². The predicted octanol–water partition coefficient (Wildman–Crippen LogP) is 2.52. The van der Waals surface area contributed by atoms with E-state index in [0.29, 0.717) is 11.4 Å². The largest absolute Gasteiger partial charge is 0.270 e. The number of amidine groups is 1. The van der Waals surface area contributed by atoms with Crippen LogP contribution in [0.2, 0.25) is 0 Å². The second-order valence-electron chi connectivity index (χ2n) is 3.12. The second kappa shape index (κ2) is 4.13. The lowest BCUT2D eigenvalue weighted by Gasteiger charge is -2.05. The van der Waals surface area contributed by atoms with Crippen LogP contribution in [0.4, 0.5) is 4.39 Å². The lowest BCUT2D eigenvalue weighted by Crippen LogP contribution is -2.02. The summed E-state index contributed by atoms with van der Waals surface area (Å²) < 4.78 is 13.5. The van der Waals surface area contributed by atoms with E-state index in [1.807, 2.05) is 13.8 Å². The number of halogens is 1. The number of nitrogens with zero attached hydrogens (tertiary/aromatic N) is 2. The van der Waals surface area contributed by atoms with Gasteiger partial charge in [0.05, 0.1) is 5.56 Å². The van der Waals surface area contributed by atoms with Crippen molar-refractivity contribution in [2.45, 2.75) is 13.8 Å². The van der Waals surface area contributed by atoms with Crippen molar-refractivity contribution in [3.05, 3.63) is 34.6 Å². The highest BCUT2D eigenvalue weighted by Crippen LogP contribution is 2.15. The first kappa shape index (κ1) is 10.6. The first-order valence-electron chi connectivity index (χ1n) is 4.30. The molecule has 0 fully saturated rings. The van der Waals surface area contributed by atoms with Crippen molar-refractivity contribution in [2.24, 2.45) is 9.98 Å². The summed E-state index contributed by atoms with van der Waals surface area (Å²) in [4.78, 5) is 7.52. The molecular weight excluding hydrogens is 179 g/mol. The zero-order chi connectivity index (χ0) is 10.7. The normalized spacial score (nSPS) is 11.6. The summed E-state index contributed by atoms with van der Waals surface area (Å²) in [6.07, 6.45) is 0. The summed E-state index contributed by atoms with van der Waals surface area (Å²) >= 11 is 0. The Kier molecular flexibility index (Phi) is 3.12. The Bertz CT molecular complexity index is 395. The zero-order valence-electron chi connectivity index (χ0n) is 8.63. The van der Waals surface area contributed by atoms with Crippen LogP contribution in [0.3, 0.4) is 0 Å². The van der Waals surface area contributed by atoms with Crippen LogP contribution >= 0.6 is 0 Å². The van der Waals surface area contributed by atoms with E-state index in [9.17, 15) is 4.39 Å². The van der Waals surface area contributed by atoms with Crippen LogP contribution in [0, 0.1) is 19.7 Å². The highest BCUT2D eigenvalue weighted by Gasteiger charge is 2.09. The summed E-state index contributed by atoms with van der Waals surface area (Å²) in [6, 6.07) is 3.22. The third-order valence-corrected chi connectivity index (χ3v) is 2.19. The molecule has 0 aliphatic heterocycles. The molecule has 0 amide bonds. The second-order valence-corrected chi connectivity index (χ2v) is 3.12. The maximum Gasteiger partial charge on any atom is 0.156 e. The molecule has 74 valence electrons. The Morgan fingerprint density at radius 1 is 1.29 bits per heavy atom. The fourth-order valence-electron chi connectivity index (χ4n) is 1.23. The minimum Gasteiger partial charge on any atom is -0.270 e. The molecule has 0 unspecified atom stereocenters. The van der Waals surface area contributed by atoms with E-state index in [1.54, 1.807) is 13.1 Å². The first-order chi connectivity index (χ1) is 6.60. The molecule has 0 aliphatic rings. The number of rotatable bonds is 1. The number of aryl methyl sites for hydroxylation is 2. The minimum atomic E-state index is -0.305. The van der Waals surface area contributed by atoms with Crippen molar-refractivity contribution < 1.29 is 4.39 Å². The van der Waals surface area contributed by atoms with E-state index in [1.165, 1.54) is 6.07 Å². The molecule has 0 saturated heterocycles. The van der Waals surface area contributed by atoms with Gasteiger partial charge in [0.2, 0.25) is 0 Å². The number of aliphatic imine (C=N–C) groups is 2. The van der Waals surface area contributed by atoms with Crippen molar-refractivity contribution in [3.8, 4) is 0 Å². The molecule has 14 heavy (non-hydrogen) atoms. The van der Waals surface area contributed by atoms with Gasteiger partial charge in [0.1, 0.15) is 5.82 Å². The van der Waals surface area contributed by atoms with Crippen molar-refractivity contribution in [3.63, 3.8) is 0 Å². The third-order valence-electron chi connectivity index (χ3n) is 2.19. The van der Waals surface area contributed by atoms with Crippen LogP contribution < -0.4 is 0 Å². The summed E-state index contributed by atoms with van der Waals surface area (Å²) in [5.74, 6) is 0.0340. The van der Waals surface area contributed by atoms with Gasteiger partial charge in [-0.05, 0) is 43.8 Å². The van der Waals surface area contributed by atoms with Crippen LogP contribution in [-0.4, -0.2) is 19.6 Å². The Morgan fingerprint density at radius 2 is 1.86 bits per heavy atom. The van der Waals surface area contributed by atoms with Gasteiger partial charge in [-0.1, -0.05) is 0 Å². The SMILES string of the molecule is C=N/C(=N\C)c1cc(C)c(C)cc1F. The fraction of sp³-hybridized carbons (Fsp3) is 0.273. The Morgan fingerprint density at radius 3 is 2.36 bits per heavy atom. The topological polar surface area (TPSA) is 24.7 Å². The molecule has 3 heteroatoms. The maximum atomic E-state index is 13.5. The van der Waals surface area contributed by atoms with E-state index < -0.39 is 0 Å². The summed E-state index contributed by atoms with van der Waals surface area (Å²) in [5, 5.41) is 0. The summed E-state index contributed by atoms with van der Waals surface area (Å²) in [7, 11) is 1.57. The molecule has 1 aromatic rings. The molecule has 2 nitrogen and oxygen atoms in total. The average molecular weight is 192 g/mol. The van der Waals surface area contributed by atoms with Gasteiger partial charge in [-0.15, -0.1) is 0 Å². The van der Waals surface area contributed by atoms with Crippen LogP contribution in [0.1, 0.15) is 16.7 Å². The molecule has 0 bridgehead atoms. The van der Waals surface area contributed by atoms with Crippen molar-refractivity contribution in [1.29, 1.82) is 0 Å². The Labute approximate surface area is 83.2 Å². The number of hydrogen-bond donors (Lipinski definition) is 0. The Balaban J connectivity index is 3.35. The van der Waals surface area contributed by atoms with Crippen LogP contribution in [0.25, 0.3) is 0 Å². The van der Waals surface area contributed by atoms with Crippen molar-refractivity contribution >= 4 is 12.6 Å². The van der Waals surface area contributed by atoms with E-state index >= 15 is 0 Å². The monoisotopic (exact) mass is 192 g/mol. The molecule has 0 aliphatic carbocycles. The first-order valence-corrected chi connectivity index (χ1v) is 4.30. The molecule has 0 aromatic heterocycles. The molecule has 0 N–H and O–H groups in total. The van der Waals surface area contributed by atoms with Gasteiger partial charge in [-0.3, -0.25) is 4.99 Å². The van der Waals surface area contributed by atoms with Crippen molar-refractivity contribution in [1.82, 2.24) is 0 Å². The maximum absolute atomic E-state index is 13.5. The molecule has 0 spiro atoms. The summed E-state index contributed by atoms with van der Waals surface area (Å²) in [5.41, 5.74) is 2.35.